The Morgan fingerprint density at radius 1 is 1.71 bits per heavy atom. The van der Waals surface area contributed by atoms with E-state index in [1.165, 1.54) is 0 Å². The first-order valence-corrected chi connectivity index (χ1v) is 3.24. The van der Waals surface area contributed by atoms with E-state index in [4.69, 9.17) is 3.07 Å². The zero-order chi connectivity index (χ0) is 5.54. The summed E-state index contributed by atoms with van der Waals surface area (Å²) < 4.78 is 4.75. The van der Waals surface area contributed by atoms with Crippen molar-refractivity contribution in [3.63, 3.8) is 0 Å². The van der Waals surface area contributed by atoms with Gasteiger partial charge in [-0.3, -0.25) is 0 Å². The average molecular weight is 215 g/mol. The molecule has 0 aliphatic heterocycles. The van der Waals surface area contributed by atoms with Crippen LogP contribution in [0.1, 0.15) is 6.92 Å². The summed E-state index contributed by atoms with van der Waals surface area (Å²) in [5.74, 6) is 0. The molecule has 0 saturated carbocycles. The highest BCUT2D eigenvalue weighted by atomic mass is 127. The SMILES string of the molecule is CCNCCOI. The van der Waals surface area contributed by atoms with Gasteiger partial charge < -0.3 is 8.38 Å². The van der Waals surface area contributed by atoms with Gasteiger partial charge in [0.05, 0.1) is 6.61 Å². The highest BCUT2D eigenvalue weighted by Gasteiger charge is 1.78. The first kappa shape index (κ1) is 7.65. The van der Waals surface area contributed by atoms with Crippen molar-refractivity contribution in [3.05, 3.63) is 0 Å². The Morgan fingerprint density at radius 2 is 2.43 bits per heavy atom. The fraction of sp³-hybridized carbons (Fsp3) is 1.00. The highest BCUT2D eigenvalue weighted by Crippen LogP contribution is 1.80. The lowest BCUT2D eigenvalue weighted by Crippen LogP contribution is -2.16. The van der Waals surface area contributed by atoms with Gasteiger partial charge in [-0.15, -0.1) is 0 Å². The Labute approximate surface area is 58.3 Å². The molecule has 0 fully saturated rings. The standard InChI is InChI=1S/C4H10INO/c1-2-6-3-4-7-5/h6H,2-4H2,1H3. The summed E-state index contributed by atoms with van der Waals surface area (Å²) in [5, 5.41) is 3.12. The Morgan fingerprint density at radius 3 is 2.86 bits per heavy atom. The molecule has 1 N–H and O–H groups in total. The van der Waals surface area contributed by atoms with Crippen LogP contribution in [0.25, 0.3) is 0 Å². The van der Waals surface area contributed by atoms with Gasteiger partial charge in [-0.1, -0.05) is 6.92 Å². The van der Waals surface area contributed by atoms with Crippen molar-refractivity contribution in [2.24, 2.45) is 0 Å². The molecule has 0 spiro atoms. The van der Waals surface area contributed by atoms with Crippen LogP contribution in [0.5, 0.6) is 0 Å². The minimum absolute atomic E-state index is 0.800. The van der Waals surface area contributed by atoms with Gasteiger partial charge in [0.1, 0.15) is 23.0 Å². The fourth-order valence-corrected chi connectivity index (χ4v) is 0.508. The van der Waals surface area contributed by atoms with Crippen molar-refractivity contribution in [1.29, 1.82) is 0 Å². The van der Waals surface area contributed by atoms with Crippen molar-refractivity contribution in [3.8, 4) is 0 Å². The molecule has 0 bridgehead atoms. The Bertz CT molecular complexity index is 30.9. The fourth-order valence-electron chi connectivity index (χ4n) is 0.288. The van der Waals surface area contributed by atoms with E-state index in [1.807, 2.05) is 23.0 Å². The molecule has 0 atom stereocenters. The van der Waals surface area contributed by atoms with Gasteiger partial charge in [0.2, 0.25) is 0 Å². The molecule has 0 rings (SSSR count). The molecule has 44 valence electrons. The van der Waals surface area contributed by atoms with E-state index < -0.39 is 0 Å². The van der Waals surface area contributed by atoms with E-state index >= 15 is 0 Å². The van der Waals surface area contributed by atoms with Crippen LogP contribution < -0.4 is 5.32 Å². The molecule has 0 amide bonds. The molecular formula is C4H10INO. The lowest BCUT2D eigenvalue weighted by Gasteiger charge is -1.94. The zero-order valence-electron chi connectivity index (χ0n) is 4.41. The molecule has 2 nitrogen and oxygen atoms in total. The number of hydrogen-bond donors (Lipinski definition) is 1. The molecular weight excluding hydrogens is 205 g/mol. The topological polar surface area (TPSA) is 21.3 Å². The van der Waals surface area contributed by atoms with Gasteiger partial charge in [-0.2, -0.15) is 0 Å². The highest BCUT2D eigenvalue weighted by molar-refractivity contribution is 14.1. The van der Waals surface area contributed by atoms with Crippen molar-refractivity contribution >= 4 is 23.0 Å². The molecule has 0 saturated heterocycles. The quantitative estimate of drug-likeness (QED) is 0.557. The van der Waals surface area contributed by atoms with Gasteiger partial charge in [0.15, 0.2) is 0 Å². The van der Waals surface area contributed by atoms with E-state index in [-0.39, 0.29) is 0 Å². The molecule has 7 heavy (non-hydrogen) atoms. The summed E-state index contributed by atoms with van der Waals surface area (Å²) in [6.45, 7) is 4.86. The summed E-state index contributed by atoms with van der Waals surface area (Å²) in [6.07, 6.45) is 0. The molecule has 3 heteroatoms. The van der Waals surface area contributed by atoms with Crippen molar-refractivity contribution < 1.29 is 3.07 Å². The van der Waals surface area contributed by atoms with E-state index in [9.17, 15) is 0 Å². The van der Waals surface area contributed by atoms with Gasteiger partial charge >= 0.3 is 0 Å². The maximum atomic E-state index is 4.75. The van der Waals surface area contributed by atoms with E-state index in [2.05, 4.69) is 12.2 Å². The normalized spacial score (nSPS) is 9.43. The second-order valence-electron chi connectivity index (χ2n) is 1.17. The summed E-state index contributed by atoms with van der Waals surface area (Å²) >= 11 is 1.89. The van der Waals surface area contributed by atoms with E-state index in [1.54, 1.807) is 0 Å². The number of nitrogens with one attached hydrogen (secondary N) is 1. The molecule has 0 radical (unpaired) electrons. The number of halogens is 1. The van der Waals surface area contributed by atoms with Crippen molar-refractivity contribution in [2.75, 3.05) is 19.7 Å². The van der Waals surface area contributed by atoms with Crippen LogP contribution in [0, 0.1) is 0 Å². The van der Waals surface area contributed by atoms with Gasteiger partial charge in [0, 0.05) is 6.54 Å². The van der Waals surface area contributed by atoms with Crippen LogP contribution in [-0.4, -0.2) is 19.7 Å². The second kappa shape index (κ2) is 6.65. The molecule has 0 aromatic rings. The van der Waals surface area contributed by atoms with Gasteiger partial charge in [-0.05, 0) is 6.54 Å². The molecule has 0 aliphatic rings. The molecule has 0 aromatic carbocycles. The van der Waals surface area contributed by atoms with Crippen LogP contribution in [0.4, 0.5) is 0 Å². The van der Waals surface area contributed by atoms with Crippen LogP contribution in [0.15, 0.2) is 0 Å². The molecule has 0 unspecified atom stereocenters. The summed E-state index contributed by atoms with van der Waals surface area (Å²) in [6, 6.07) is 0. The number of likely N-dealkylation sites (N-methyl/N-ethyl adjacent to an activating group) is 1. The van der Waals surface area contributed by atoms with E-state index in [0.717, 1.165) is 19.7 Å². The third-order valence-electron chi connectivity index (χ3n) is 0.606. The van der Waals surface area contributed by atoms with Crippen LogP contribution in [0.3, 0.4) is 0 Å². The minimum atomic E-state index is 0.800. The third kappa shape index (κ3) is 6.65. The summed E-state index contributed by atoms with van der Waals surface area (Å²) in [5.41, 5.74) is 0. The van der Waals surface area contributed by atoms with Crippen LogP contribution >= 0.6 is 23.0 Å². The predicted molar refractivity (Wildman–Crippen MR) is 38.5 cm³/mol. The molecule has 0 heterocycles. The largest absolute Gasteiger partial charge is 0.315 e. The third-order valence-corrected chi connectivity index (χ3v) is 1.05. The maximum Gasteiger partial charge on any atom is 0.109 e. The van der Waals surface area contributed by atoms with Crippen molar-refractivity contribution in [1.82, 2.24) is 5.32 Å². The Hall–Kier alpha value is 0.650. The monoisotopic (exact) mass is 215 g/mol. The lowest BCUT2D eigenvalue weighted by atomic mass is 10.6. The van der Waals surface area contributed by atoms with Crippen LogP contribution in [0.2, 0.25) is 0 Å². The smallest absolute Gasteiger partial charge is 0.109 e. The maximum absolute atomic E-state index is 4.75. The minimum Gasteiger partial charge on any atom is -0.315 e. The molecule has 0 aromatic heterocycles. The summed E-state index contributed by atoms with van der Waals surface area (Å²) in [4.78, 5) is 0. The zero-order valence-corrected chi connectivity index (χ0v) is 6.57. The van der Waals surface area contributed by atoms with Gasteiger partial charge in [-0.25, -0.2) is 0 Å². The number of rotatable bonds is 4. The lowest BCUT2D eigenvalue weighted by molar-refractivity contribution is 0.416. The second-order valence-corrected chi connectivity index (χ2v) is 1.79. The van der Waals surface area contributed by atoms with Crippen LogP contribution in [-0.2, 0) is 3.07 Å². The Balaban J connectivity index is 2.45. The average Bonchev–Trinajstić information content (AvgIpc) is 1.69. The van der Waals surface area contributed by atoms with Gasteiger partial charge in [0.25, 0.3) is 0 Å². The predicted octanol–water partition coefficient (Wildman–Crippen LogP) is 0.963. The first-order chi connectivity index (χ1) is 3.41. The summed E-state index contributed by atoms with van der Waals surface area (Å²) in [7, 11) is 0. The van der Waals surface area contributed by atoms with Crippen molar-refractivity contribution in [2.45, 2.75) is 6.92 Å². The first-order valence-electron chi connectivity index (χ1n) is 2.36. The number of hydrogen-bond acceptors (Lipinski definition) is 2. The van der Waals surface area contributed by atoms with E-state index in [0.29, 0.717) is 0 Å². The Kier molecular flexibility index (Phi) is 7.27. The molecule has 0 aliphatic carbocycles.